The van der Waals surface area contributed by atoms with Crippen molar-refractivity contribution in [1.29, 1.82) is 0 Å². The van der Waals surface area contributed by atoms with Crippen LogP contribution in [-0.4, -0.2) is 31.4 Å². The topological polar surface area (TPSA) is 40.6 Å². The number of hydrogen-bond acceptors (Lipinski definition) is 5. The van der Waals surface area contributed by atoms with E-state index >= 15 is 0 Å². The molecule has 1 aromatic carbocycles. The highest BCUT2D eigenvalue weighted by atomic mass is 32.1. The summed E-state index contributed by atoms with van der Waals surface area (Å²) >= 11 is 1.70. The quantitative estimate of drug-likeness (QED) is 0.851. The Kier molecular flexibility index (Phi) is 3.53. The molecule has 1 aromatic heterocycles. The Morgan fingerprint density at radius 1 is 1.00 bits per heavy atom. The van der Waals surface area contributed by atoms with Crippen LogP contribution in [0.2, 0.25) is 0 Å². The van der Waals surface area contributed by atoms with E-state index in [0.29, 0.717) is 19.1 Å². The molecule has 3 heterocycles. The zero-order valence-electron chi connectivity index (χ0n) is 11.7. The van der Waals surface area contributed by atoms with Crippen molar-refractivity contribution in [2.24, 2.45) is 0 Å². The van der Waals surface area contributed by atoms with Gasteiger partial charge in [0.05, 0.1) is 5.69 Å². The Bertz CT molecular complexity index is 634. The van der Waals surface area contributed by atoms with Crippen LogP contribution in [0.3, 0.4) is 0 Å². The molecule has 110 valence electrons. The standard InChI is InChI=1S/C16H17NO3S/c1-2-14-15(20-8-7-19-14)9-12(1)16-17-13(10-21-16)11-3-5-18-6-4-11/h1-2,9-11H,3-8H2. The number of aromatic nitrogens is 1. The number of thiazole rings is 1. The highest BCUT2D eigenvalue weighted by Gasteiger charge is 2.20. The van der Waals surface area contributed by atoms with Crippen molar-refractivity contribution in [1.82, 2.24) is 4.98 Å². The van der Waals surface area contributed by atoms with Crippen LogP contribution in [0.4, 0.5) is 0 Å². The molecule has 4 rings (SSSR count). The van der Waals surface area contributed by atoms with Crippen molar-refractivity contribution >= 4 is 11.3 Å². The van der Waals surface area contributed by atoms with E-state index in [1.54, 1.807) is 11.3 Å². The summed E-state index contributed by atoms with van der Waals surface area (Å²) in [5.41, 5.74) is 2.30. The molecule has 21 heavy (non-hydrogen) atoms. The lowest BCUT2D eigenvalue weighted by atomic mass is 9.97. The van der Waals surface area contributed by atoms with E-state index in [0.717, 1.165) is 48.1 Å². The summed E-state index contributed by atoms with van der Waals surface area (Å²) in [5.74, 6) is 2.19. The molecule has 1 fully saturated rings. The maximum atomic E-state index is 5.64. The van der Waals surface area contributed by atoms with Gasteiger partial charge in [0.25, 0.3) is 0 Å². The minimum absolute atomic E-state index is 0.543. The van der Waals surface area contributed by atoms with E-state index in [2.05, 4.69) is 11.4 Å². The fourth-order valence-corrected chi connectivity index (χ4v) is 3.67. The molecule has 1 saturated heterocycles. The maximum Gasteiger partial charge on any atom is 0.162 e. The Morgan fingerprint density at radius 3 is 2.67 bits per heavy atom. The average molecular weight is 303 g/mol. The Hall–Kier alpha value is -1.59. The first kappa shape index (κ1) is 13.1. The maximum absolute atomic E-state index is 5.64. The number of nitrogens with zero attached hydrogens (tertiary/aromatic N) is 1. The Balaban J connectivity index is 1.60. The van der Waals surface area contributed by atoms with Crippen LogP contribution in [0.15, 0.2) is 23.6 Å². The van der Waals surface area contributed by atoms with Crippen LogP contribution >= 0.6 is 11.3 Å². The van der Waals surface area contributed by atoms with E-state index in [4.69, 9.17) is 19.2 Å². The summed E-state index contributed by atoms with van der Waals surface area (Å²) in [4.78, 5) is 4.82. The van der Waals surface area contributed by atoms with Crippen molar-refractivity contribution in [2.75, 3.05) is 26.4 Å². The summed E-state index contributed by atoms with van der Waals surface area (Å²) in [5, 5.41) is 3.23. The normalized spacial score (nSPS) is 18.7. The van der Waals surface area contributed by atoms with E-state index in [1.165, 1.54) is 5.69 Å². The highest BCUT2D eigenvalue weighted by molar-refractivity contribution is 7.13. The lowest BCUT2D eigenvalue weighted by Crippen LogP contribution is -2.15. The van der Waals surface area contributed by atoms with E-state index in [9.17, 15) is 0 Å². The number of ether oxygens (including phenoxy) is 3. The van der Waals surface area contributed by atoms with Gasteiger partial charge in [-0.2, -0.15) is 0 Å². The smallest absolute Gasteiger partial charge is 0.162 e. The van der Waals surface area contributed by atoms with E-state index in [-0.39, 0.29) is 0 Å². The largest absolute Gasteiger partial charge is 0.486 e. The van der Waals surface area contributed by atoms with Crippen LogP contribution in [0.25, 0.3) is 10.6 Å². The van der Waals surface area contributed by atoms with Gasteiger partial charge < -0.3 is 14.2 Å². The van der Waals surface area contributed by atoms with Gasteiger partial charge in [-0.05, 0) is 31.0 Å². The van der Waals surface area contributed by atoms with Gasteiger partial charge >= 0.3 is 0 Å². The second-order valence-corrected chi connectivity index (χ2v) is 6.18. The Morgan fingerprint density at radius 2 is 1.81 bits per heavy atom. The van der Waals surface area contributed by atoms with Crippen molar-refractivity contribution in [3.63, 3.8) is 0 Å². The molecule has 0 saturated carbocycles. The van der Waals surface area contributed by atoms with Crippen LogP contribution in [0.1, 0.15) is 24.5 Å². The van der Waals surface area contributed by atoms with Gasteiger partial charge in [0.2, 0.25) is 0 Å². The first-order chi connectivity index (χ1) is 10.4. The average Bonchev–Trinajstić information content (AvgIpc) is 3.05. The molecule has 2 aromatic rings. The molecular formula is C16H17NO3S. The fourth-order valence-electron chi connectivity index (χ4n) is 2.78. The number of benzene rings is 1. The van der Waals surface area contributed by atoms with Gasteiger partial charge in [-0.3, -0.25) is 0 Å². The third kappa shape index (κ3) is 2.63. The van der Waals surface area contributed by atoms with Gasteiger partial charge in [-0.25, -0.2) is 4.98 Å². The molecule has 0 aliphatic carbocycles. The highest BCUT2D eigenvalue weighted by Crippen LogP contribution is 2.37. The predicted octanol–water partition coefficient (Wildman–Crippen LogP) is 3.48. The van der Waals surface area contributed by atoms with Crippen LogP contribution in [-0.2, 0) is 4.74 Å². The third-order valence-electron chi connectivity index (χ3n) is 3.95. The molecule has 2 aliphatic heterocycles. The van der Waals surface area contributed by atoms with Gasteiger partial charge in [-0.1, -0.05) is 0 Å². The summed E-state index contributed by atoms with van der Waals surface area (Å²) in [6.45, 7) is 2.93. The zero-order chi connectivity index (χ0) is 14.1. The summed E-state index contributed by atoms with van der Waals surface area (Å²) in [6, 6.07) is 6.06. The third-order valence-corrected chi connectivity index (χ3v) is 4.86. The predicted molar refractivity (Wildman–Crippen MR) is 81.3 cm³/mol. The molecule has 2 aliphatic rings. The van der Waals surface area contributed by atoms with E-state index < -0.39 is 0 Å². The molecular weight excluding hydrogens is 286 g/mol. The van der Waals surface area contributed by atoms with Crippen LogP contribution in [0, 0.1) is 0 Å². The first-order valence-corrected chi connectivity index (χ1v) is 8.21. The van der Waals surface area contributed by atoms with Crippen LogP contribution < -0.4 is 9.47 Å². The minimum Gasteiger partial charge on any atom is -0.486 e. The van der Waals surface area contributed by atoms with Gasteiger partial charge in [0.1, 0.15) is 18.2 Å². The lowest BCUT2D eigenvalue weighted by Gasteiger charge is -2.20. The molecule has 0 amide bonds. The van der Waals surface area contributed by atoms with Crippen LogP contribution in [0.5, 0.6) is 11.5 Å². The van der Waals surface area contributed by atoms with Crippen molar-refractivity contribution in [2.45, 2.75) is 18.8 Å². The molecule has 0 unspecified atom stereocenters. The molecule has 0 bridgehead atoms. The molecule has 0 spiro atoms. The second-order valence-electron chi connectivity index (χ2n) is 5.32. The Labute approximate surface area is 127 Å². The van der Waals surface area contributed by atoms with Crippen molar-refractivity contribution < 1.29 is 14.2 Å². The number of rotatable bonds is 2. The fraction of sp³-hybridized carbons (Fsp3) is 0.438. The van der Waals surface area contributed by atoms with Gasteiger partial charge in [-0.15, -0.1) is 11.3 Å². The minimum atomic E-state index is 0.543. The lowest BCUT2D eigenvalue weighted by molar-refractivity contribution is 0.0846. The molecule has 0 N–H and O–H groups in total. The summed E-state index contributed by atoms with van der Waals surface area (Å²) in [7, 11) is 0. The van der Waals surface area contributed by atoms with Gasteiger partial charge in [0, 0.05) is 30.1 Å². The monoisotopic (exact) mass is 303 g/mol. The summed E-state index contributed by atoms with van der Waals surface area (Å²) < 4.78 is 16.6. The molecule has 0 radical (unpaired) electrons. The first-order valence-electron chi connectivity index (χ1n) is 7.33. The van der Waals surface area contributed by atoms with Gasteiger partial charge in [0.15, 0.2) is 11.5 Å². The molecule has 0 atom stereocenters. The number of fused-ring (bicyclic) bond motifs is 1. The SMILES string of the molecule is c1cc2c(cc1-c1nc(C3CCOCC3)cs1)OCCO2. The van der Waals surface area contributed by atoms with Crippen molar-refractivity contribution in [3.05, 3.63) is 29.3 Å². The zero-order valence-corrected chi connectivity index (χ0v) is 12.5. The second kappa shape index (κ2) is 5.66. The molecule has 5 heteroatoms. The number of hydrogen-bond donors (Lipinski definition) is 0. The summed E-state index contributed by atoms with van der Waals surface area (Å²) in [6.07, 6.45) is 2.15. The van der Waals surface area contributed by atoms with E-state index in [1.807, 2.05) is 12.1 Å². The van der Waals surface area contributed by atoms with Crippen molar-refractivity contribution in [3.8, 4) is 22.1 Å². The molecule has 4 nitrogen and oxygen atoms in total.